The number of hydrogen-bond acceptors (Lipinski definition) is 3. The van der Waals surface area contributed by atoms with Gasteiger partial charge in [-0.2, -0.15) is 0 Å². The van der Waals surface area contributed by atoms with Crippen LogP contribution in [0.3, 0.4) is 0 Å². The summed E-state index contributed by atoms with van der Waals surface area (Å²) in [4.78, 5) is 4.51. The van der Waals surface area contributed by atoms with Gasteiger partial charge in [-0.05, 0) is 43.9 Å². The Balaban J connectivity index is 2.10. The molecule has 0 spiro atoms. The number of anilines is 1. The van der Waals surface area contributed by atoms with E-state index in [1.54, 1.807) is 11.3 Å². The monoisotopic (exact) mass is 276 g/mol. The minimum absolute atomic E-state index is 0.571. The molecule has 1 aromatic carbocycles. The molecule has 0 fully saturated rings. The van der Waals surface area contributed by atoms with Crippen LogP contribution >= 0.6 is 11.3 Å². The van der Waals surface area contributed by atoms with Gasteiger partial charge in [0.1, 0.15) is 0 Å². The van der Waals surface area contributed by atoms with E-state index in [4.69, 9.17) is 0 Å². The summed E-state index contributed by atoms with van der Waals surface area (Å²) in [5.74, 6) is 0.784. The number of aromatic nitrogens is 1. The maximum atomic E-state index is 4.51. The van der Waals surface area contributed by atoms with E-state index in [-0.39, 0.29) is 0 Å². The van der Waals surface area contributed by atoms with Crippen molar-refractivity contribution < 1.29 is 0 Å². The minimum atomic E-state index is 0.571. The predicted octanol–water partition coefficient (Wildman–Crippen LogP) is 5.23. The van der Waals surface area contributed by atoms with Gasteiger partial charge in [-0.1, -0.05) is 27.2 Å². The van der Waals surface area contributed by atoms with Crippen LogP contribution in [0, 0.1) is 12.8 Å². The average Bonchev–Trinajstić information content (AvgIpc) is 2.77. The summed E-state index contributed by atoms with van der Waals surface area (Å²) in [5.41, 5.74) is 2.34. The quantitative estimate of drug-likeness (QED) is 0.781. The van der Waals surface area contributed by atoms with E-state index in [0.29, 0.717) is 6.04 Å². The Labute approximate surface area is 120 Å². The lowest BCUT2D eigenvalue weighted by atomic mass is 9.97. The fraction of sp³-hybridized carbons (Fsp3) is 0.562. The molecule has 0 bridgehead atoms. The largest absolute Gasteiger partial charge is 0.382 e. The molecule has 1 N–H and O–H groups in total. The van der Waals surface area contributed by atoms with Crippen molar-refractivity contribution in [3.05, 3.63) is 23.2 Å². The third-order valence-corrected chi connectivity index (χ3v) is 4.68. The van der Waals surface area contributed by atoms with Crippen molar-refractivity contribution in [1.82, 2.24) is 4.98 Å². The molecule has 2 atom stereocenters. The highest BCUT2D eigenvalue weighted by Crippen LogP contribution is 2.26. The normalized spacial score (nSPS) is 14.5. The van der Waals surface area contributed by atoms with Gasteiger partial charge in [0.2, 0.25) is 0 Å². The lowest BCUT2D eigenvalue weighted by molar-refractivity contribution is 0.462. The summed E-state index contributed by atoms with van der Waals surface area (Å²) in [7, 11) is 0. The molecular weight excluding hydrogens is 252 g/mol. The molecule has 2 rings (SSSR count). The number of thiazole rings is 1. The predicted molar refractivity (Wildman–Crippen MR) is 86.1 cm³/mol. The summed E-state index contributed by atoms with van der Waals surface area (Å²) >= 11 is 1.77. The van der Waals surface area contributed by atoms with Gasteiger partial charge < -0.3 is 5.32 Å². The highest BCUT2D eigenvalue weighted by Gasteiger charge is 2.11. The van der Waals surface area contributed by atoms with E-state index < -0.39 is 0 Å². The Morgan fingerprint density at radius 1 is 1.26 bits per heavy atom. The number of nitrogens with zero attached hydrogens (tertiary/aromatic N) is 1. The first-order valence-corrected chi connectivity index (χ1v) is 8.07. The van der Waals surface area contributed by atoms with E-state index in [0.717, 1.165) is 16.4 Å². The standard InChI is InChI=1S/C16H24N2S/c1-5-11(3)9-13(6-2)18-14-7-8-15-16(10-14)19-12(4)17-15/h7-8,10-11,13,18H,5-6,9H2,1-4H3. The molecule has 19 heavy (non-hydrogen) atoms. The molecule has 2 nitrogen and oxygen atoms in total. The van der Waals surface area contributed by atoms with Crippen molar-refractivity contribution in [2.45, 2.75) is 53.0 Å². The van der Waals surface area contributed by atoms with E-state index in [9.17, 15) is 0 Å². The third-order valence-electron chi connectivity index (χ3n) is 3.74. The van der Waals surface area contributed by atoms with E-state index in [1.165, 1.54) is 29.6 Å². The molecule has 1 heterocycles. The second-order valence-electron chi connectivity index (χ2n) is 5.41. The van der Waals surface area contributed by atoms with Crippen LogP contribution in [0.15, 0.2) is 18.2 Å². The van der Waals surface area contributed by atoms with Gasteiger partial charge in [0.15, 0.2) is 0 Å². The molecule has 0 aliphatic carbocycles. The van der Waals surface area contributed by atoms with Crippen molar-refractivity contribution >= 4 is 27.2 Å². The van der Waals surface area contributed by atoms with Crippen LogP contribution < -0.4 is 5.32 Å². The van der Waals surface area contributed by atoms with Crippen LogP contribution in [-0.4, -0.2) is 11.0 Å². The SMILES string of the molecule is CCC(C)CC(CC)Nc1ccc2nc(C)sc2c1. The maximum Gasteiger partial charge on any atom is 0.0907 e. The number of rotatable bonds is 6. The van der Waals surface area contributed by atoms with Crippen LogP contribution in [-0.2, 0) is 0 Å². The smallest absolute Gasteiger partial charge is 0.0907 e. The number of benzene rings is 1. The van der Waals surface area contributed by atoms with Gasteiger partial charge in [-0.15, -0.1) is 11.3 Å². The summed E-state index contributed by atoms with van der Waals surface area (Å²) in [6, 6.07) is 7.08. The topological polar surface area (TPSA) is 24.9 Å². The molecule has 0 amide bonds. The van der Waals surface area contributed by atoms with Gasteiger partial charge in [0.05, 0.1) is 15.2 Å². The summed E-state index contributed by atoms with van der Waals surface area (Å²) in [6.07, 6.45) is 3.67. The average molecular weight is 276 g/mol. The summed E-state index contributed by atoms with van der Waals surface area (Å²) in [6.45, 7) is 8.93. The fourth-order valence-corrected chi connectivity index (χ4v) is 3.21. The first kappa shape index (κ1) is 14.3. The number of aryl methyl sites for hydroxylation is 1. The Bertz CT molecular complexity index is 533. The summed E-state index contributed by atoms with van der Waals surface area (Å²) < 4.78 is 1.28. The van der Waals surface area contributed by atoms with Gasteiger partial charge in [0.25, 0.3) is 0 Å². The van der Waals surface area contributed by atoms with E-state index in [2.05, 4.69) is 56.2 Å². The van der Waals surface area contributed by atoms with E-state index in [1.807, 2.05) is 0 Å². The fourth-order valence-electron chi connectivity index (χ4n) is 2.35. The van der Waals surface area contributed by atoms with Gasteiger partial charge in [-0.25, -0.2) is 4.98 Å². The molecule has 2 unspecified atom stereocenters. The highest BCUT2D eigenvalue weighted by molar-refractivity contribution is 7.18. The minimum Gasteiger partial charge on any atom is -0.382 e. The van der Waals surface area contributed by atoms with Crippen LogP contribution in [0.25, 0.3) is 10.2 Å². The summed E-state index contributed by atoms with van der Waals surface area (Å²) in [5, 5.41) is 4.81. The Kier molecular flexibility index (Phi) is 4.81. The van der Waals surface area contributed by atoms with Crippen LogP contribution in [0.2, 0.25) is 0 Å². The Morgan fingerprint density at radius 2 is 2.05 bits per heavy atom. The van der Waals surface area contributed by atoms with Crippen molar-refractivity contribution in [3.63, 3.8) is 0 Å². The number of fused-ring (bicyclic) bond motifs is 1. The molecule has 0 saturated carbocycles. The Morgan fingerprint density at radius 3 is 2.74 bits per heavy atom. The van der Waals surface area contributed by atoms with Crippen molar-refractivity contribution in [1.29, 1.82) is 0 Å². The van der Waals surface area contributed by atoms with Crippen LogP contribution in [0.1, 0.15) is 45.0 Å². The molecule has 0 aliphatic heterocycles. The zero-order chi connectivity index (χ0) is 13.8. The third kappa shape index (κ3) is 3.69. The Hall–Kier alpha value is -1.09. The number of nitrogens with one attached hydrogen (secondary N) is 1. The lowest BCUT2D eigenvalue weighted by Crippen LogP contribution is -2.21. The second kappa shape index (κ2) is 6.38. The van der Waals surface area contributed by atoms with E-state index >= 15 is 0 Å². The van der Waals surface area contributed by atoms with Crippen LogP contribution in [0.5, 0.6) is 0 Å². The van der Waals surface area contributed by atoms with Crippen molar-refractivity contribution in [2.24, 2.45) is 5.92 Å². The molecule has 0 saturated heterocycles. The molecule has 0 aliphatic rings. The highest BCUT2D eigenvalue weighted by atomic mass is 32.1. The molecule has 104 valence electrons. The first-order valence-electron chi connectivity index (χ1n) is 7.26. The zero-order valence-corrected chi connectivity index (χ0v) is 13.2. The van der Waals surface area contributed by atoms with Crippen molar-refractivity contribution in [3.8, 4) is 0 Å². The first-order chi connectivity index (χ1) is 9.12. The second-order valence-corrected chi connectivity index (χ2v) is 6.65. The van der Waals surface area contributed by atoms with Gasteiger partial charge in [-0.3, -0.25) is 0 Å². The molecule has 1 aromatic heterocycles. The molecular formula is C16H24N2S. The van der Waals surface area contributed by atoms with Gasteiger partial charge in [0, 0.05) is 11.7 Å². The van der Waals surface area contributed by atoms with Crippen molar-refractivity contribution in [2.75, 3.05) is 5.32 Å². The van der Waals surface area contributed by atoms with Gasteiger partial charge >= 0.3 is 0 Å². The maximum absolute atomic E-state index is 4.51. The molecule has 3 heteroatoms. The van der Waals surface area contributed by atoms with Crippen LogP contribution in [0.4, 0.5) is 5.69 Å². The zero-order valence-electron chi connectivity index (χ0n) is 12.4. The molecule has 0 radical (unpaired) electrons. The lowest BCUT2D eigenvalue weighted by Gasteiger charge is -2.21. The molecule has 2 aromatic rings. The number of hydrogen-bond donors (Lipinski definition) is 1.